The standard InChI is InChI=1S/C13H20N2O2S/c1-9-3-5-11(18-9)8-15(2)13(16)12-6-4-10(7-14)17-12/h3,5,10,12H,4,6-8,14H2,1-2H3/t10-,12+/m1/s1. The smallest absolute Gasteiger partial charge is 0.251 e. The molecule has 2 atom stereocenters. The molecule has 4 nitrogen and oxygen atoms in total. The van der Waals surface area contributed by atoms with Crippen molar-refractivity contribution in [1.82, 2.24) is 4.90 Å². The van der Waals surface area contributed by atoms with Gasteiger partial charge in [-0.25, -0.2) is 0 Å². The first-order chi connectivity index (χ1) is 8.60. The maximum atomic E-state index is 12.2. The molecule has 5 heteroatoms. The fourth-order valence-electron chi connectivity index (χ4n) is 2.19. The summed E-state index contributed by atoms with van der Waals surface area (Å²) < 4.78 is 5.62. The van der Waals surface area contributed by atoms with Crippen LogP contribution in [-0.2, 0) is 16.1 Å². The predicted octanol–water partition coefficient (Wildman–Crippen LogP) is 1.52. The summed E-state index contributed by atoms with van der Waals surface area (Å²) in [6.07, 6.45) is 1.42. The highest BCUT2D eigenvalue weighted by molar-refractivity contribution is 7.11. The van der Waals surface area contributed by atoms with Gasteiger partial charge in [-0.3, -0.25) is 4.79 Å². The second kappa shape index (κ2) is 5.82. The number of nitrogens with two attached hydrogens (primary N) is 1. The third-order valence-electron chi connectivity index (χ3n) is 3.21. The molecule has 18 heavy (non-hydrogen) atoms. The first-order valence-electron chi connectivity index (χ1n) is 6.26. The largest absolute Gasteiger partial charge is 0.364 e. The van der Waals surface area contributed by atoms with E-state index in [1.165, 1.54) is 9.75 Å². The van der Waals surface area contributed by atoms with E-state index in [0.29, 0.717) is 13.1 Å². The molecule has 2 N–H and O–H groups in total. The van der Waals surface area contributed by atoms with Gasteiger partial charge < -0.3 is 15.4 Å². The Balaban J connectivity index is 1.89. The van der Waals surface area contributed by atoms with Crippen molar-refractivity contribution in [2.75, 3.05) is 13.6 Å². The van der Waals surface area contributed by atoms with E-state index in [-0.39, 0.29) is 18.1 Å². The van der Waals surface area contributed by atoms with Gasteiger partial charge in [0.15, 0.2) is 0 Å². The number of hydrogen-bond donors (Lipinski definition) is 1. The lowest BCUT2D eigenvalue weighted by Crippen LogP contribution is -2.36. The van der Waals surface area contributed by atoms with Crippen molar-refractivity contribution in [2.45, 2.75) is 38.5 Å². The van der Waals surface area contributed by atoms with Crippen molar-refractivity contribution in [3.05, 3.63) is 21.9 Å². The number of thiophene rings is 1. The molecule has 2 heterocycles. The van der Waals surface area contributed by atoms with Crippen LogP contribution in [0.5, 0.6) is 0 Å². The van der Waals surface area contributed by atoms with Crippen LogP contribution in [0.3, 0.4) is 0 Å². The van der Waals surface area contributed by atoms with E-state index in [9.17, 15) is 4.79 Å². The fourth-order valence-corrected chi connectivity index (χ4v) is 3.13. The topological polar surface area (TPSA) is 55.6 Å². The van der Waals surface area contributed by atoms with Gasteiger partial charge in [-0.1, -0.05) is 0 Å². The number of aryl methyl sites for hydroxylation is 1. The Morgan fingerprint density at radius 1 is 1.56 bits per heavy atom. The van der Waals surface area contributed by atoms with Crippen LogP contribution in [0.2, 0.25) is 0 Å². The zero-order valence-electron chi connectivity index (χ0n) is 10.9. The van der Waals surface area contributed by atoms with Crippen LogP contribution in [0.15, 0.2) is 12.1 Å². The number of likely N-dealkylation sites (N-methyl/N-ethyl adjacent to an activating group) is 1. The molecule has 1 aromatic rings. The lowest BCUT2D eigenvalue weighted by atomic mass is 10.2. The van der Waals surface area contributed by atoms with Crippen molar-refractivity contribution >= 4 is 17.2 Å². The number of ether oxygens (including phenoxy) is 1. The Hall–Kier alpha value is -0.910. The third kappa shape index (κ3) is 3.10. The number of hydrogen-bond acceptors (Lipinski definition) is 4. The zero-order valence-corrected chi connectivity index (χ0v) is 11.7. The average molecular weight is 268 g/mol. The summed E-state index contributed by atoms with van der Waals surface area (Å²) in [6.45, 7) is 3.23. The molecule has 0 bridgehead atoms. The van der Waals surface area contributed by atoms with E-state index in [1.54, 1.807) is 16.2 Å². The van der Waals surface area contributed by atoms with Gasteiger partial charge >= 0.3 is 0 Å². The average Bonchev–Trinajstić information content (AvgIpc) is 2.97. The fraction of sp³-hybridized carbons (Fsp3) is 0.615. The molecular weight excluding hydrogens is 248 g/mol. The van der Waals surface area contributed by atoms with Gasteiger partial charge in [0.25, 0.3) is 5.91 Å². The van der Waals surface area contributed by atoms with E-state index in [2.05, 4.69) is 19.1 Å². The number of nitrogens with zero attached hydrogens (tertiary/aromatic N) is 1. The maximum absolute atomic E-state index is 12.2. The second-order valence-electron chi connectivity index (χ2n) is 4.77. The molecule has 1 saturated heterocycles. The van der Waals surface area contributed by atoms with Crippen LogP contribution in [-0.4, -0.2) is 36.6 Å². The SMILES string of the molecule is Cc1ccc(CN(C)C(=O)[C@@H]2CC[C@H](CN)O2)s1. The maximum Gasteiger partial charge on any atom is 0.251 e. The van der Waals surface area contributed by atoms with Gasteiger partial charge in [-0.15, -0.1) is 11.3 Å². The molecule has 0 unspecified atom stereocenters. The molecular formula is C13H20N2O2S. The third-order valence-corrected chi connectivity index (χ3v) is 4.20. The minimum Gasteiger partial charge on any atom is -0.364 e. The number of carbonyl (C=O) groups is 1. The van der Waals surface area contributed by atoms with E-state index in [4.69, 9.17) is 10.5 Å². The molecule has 1 aliphatic rings. The minimum atomic E-state index is -0.301. The lowest BCUT2D eigenvalue weighted by Gasteiger charge is -2.20. The predicted molar refractivity (Wildman–Crippen MR) is 72.5 cm³/mol. The molecule has 1 amide bonds. The van der Waals surface area contributed by atoms with Gasteiger partial charge in [-0.05, 0) is 31.9 Å². The molecule has 0 aliphatic carbocycles. The molecule has 0 saturated carbocycles. The van der Waals surface area contributed by atoms with Crippen molar-refractivity contribution in [3.63, 3.8) is 0 Å². The summed E-state index contributed by atoms with van der Waals surface area (Å²) in [5.74, 6) is 0.0667. The van der Waals surface area contributed by atoms with Gasteiger partial charge in [0.2, 0.25) is 0 Å². The highest BCUT2D eigenvalue weighted by Gasteiger charge is 2.31. The minimum absolute atomic E-state index is 0.0522. The Kier molecular flexibility index (Phi) is 4.37. The molecule has 0 aromatic carbocycles. The number of carbonyl (C=O) groups excluding carboxylic acids is 1. The zero-order chi connectivity index (χ0) is 13.1. The van der Waals surface area contributed by atoms with Gasteiger partial charge in [0, 0.05) is 23.3 Å². The summed E-state index contributed by atoms with van der Waals surface area (Å²) in [4.78, 5) is 16.4. The quantitative estimate of drug-likeness (QED) is 0.901. The molecule has 100 valence electrons. The Bertz CT molecular complexity index is 419. The summed E-state index contributed by atoms with van der Waals surface area (Å²) in [5, 5.41) is 0. The summed E-state index contributed by atoms with van der Waals surface area (Å²) in [7, 11) is 1.83. The monoisotopic (exact) mass is 268 g/mol. The highest BCUT2D eigenvalue weighted by Crippen LogP contribution is 2.22. The summed E-state index contributed by atoms with van der Waals surface area (Å²) >= 11 is 1.73. The van der Waals surface area contributed by atoms with E-state index >= 15 is 0 Å². The number of amides is 1. The first kappa shape index (κ1) is 13.5. The van der Waals surface area contributed by atoms with Crippen LogP contribution in [0.4, 0.5) is 0 Å². The molecule has 1 fully saturated rings. The van der Waals surface area contributed by atoms with Crippen LogP contribution >= 0.6 is 11.3 Å². The van der Waals surface area contributed by atoms with Crippen molar-refractivity contribution in [2.24, 2.45) is 5.73 Å². The van der Waals surface area contributed by atoms with Gasteiger partial charge in [0.1, 0.15) is 6.10 Å². The Labute approximate surface area is 112 Å². The molecule has 1 aliphatic heterocycles. The summed E-state index contributed by atoms with van der Waals surface area (Å²) in [5.41, 5.74) is 5.55. The van der Waals surface area contributed by atoms with Crippen molar-refractivity contribution < 1.29 is 9.53 Å². The van der Waals surface area contributed by atoms with Crippen LogP contribution < -0.4 is 5.73 Å². The molecule has 2 rings (SSSR count). The second-order valence-corrected chi connectivity index (χ2v) is 6.14. The first-order valence-corrected chi connectivity index (χ1v) is 7.07. The van der Waals surface area contributed by atoms with Crippen LogP contribution in [0.1, 0.15) is 22.6 Å². The molecule has 0 radical (unpaired) electrons. The molecule has 0 spiro atoms. The van der Waals surface area contributed by atoms with Gasteiger partial charge in [-0.2, -0.15) is 0 Å². The summed E-state index contributed by atoms with van der Waals surface area (Å²) in [6, 6.07) is 4.15. The van der Waals surface area contributed by atoms with Crippen LogP contribution in [0, 0.1) is 6.92 Å². The molecule has 1 aromatic heterocycles. The Morgan fingerprint density at radius 2 is 2.33 bits per heavy atom. The van der Waals surface area contributed by atoms with E-state index in [0.717, 1.165) is 12.8 Å². The number of rotatable bonds is 4. The van der Waals surface area contributed by atoms with Crippen molar-refractivity contribution in [3.8, 4) is 0 Å². The normalized spacial score (nSPS) is 23.3. The van der Waals surface area contributed by atoms with Crippen LogP contribution in [0.25, 0.3) is 0 Å². The Morgan fingerprint density at radius 3 is 2.89 bits per heavy atom. The van der Waals surface area contributed by atoms with E-state index < -0.39 is 0 Å². The van der Waals surface area contributed by atoms with Gasteiger partial charge in [0.05, 0.1) is 12.6 Å². The van der Waals surface area contributed by atoms with E-state index in [1.807, 2.05) is 7.05 Å². The highest BCUT2D eigenvalue weighted by atomic mass is 32.1. The van der Waals surface area contributed by atoms with Crippen molar-refractivity contribution in [1.29, 1.82) is 0 Å². The lowest BCUT2D eigenvalue weighted by molar-refractivity contribution is -0.141.